The molecule has 1 aliphatic rings. The zero-order chi connectivity index (χ0) is 22.7. The Bertz CT molecular complexity index is 1190. The first kappa shape index (κ1) is 21.6. The van der Waals surface area contributed by atoms with Crippen molar-refractivity contribution in [3.63, 3.8) is 0 Å². The first-order chi connectivity index (χ1) is 15.5. The van der Waals surface area contributed by atoms with Crippen molar-refractivity contribution in [2.45, 2.75) is 32.5 Å². The van der Waals surface area contributed by atoms with E-state index in [1.165, 1.54) is 0 Å². The highest BCUT2D eigenvalue weighted by atomic mass is 16.5. The van der Waals surface area contributed by atoms with Crippen LogP contribution < -0.4 is 4.74 Å². The molecule has 0 spiro atoms. The van der Waals surface area contributed by atoms with Gasteiger partial charge in [-0.2, -0.15) is 10.2 Å². The molecule has 2 N–H and O–H groups in total. The normalized spacial score (nSPS) is 13.4. The molecule has 1 atom stereocenters. The van der Waals surface area contributed by atoms with Crippen molar-refractivity contribution in [1.29, 1.82) is 5.26 Å². The largest absolute Gasteiger partial charge is 0.490 e. The first-order valence-corrected chi connectivity index (χ1v) is 10.3. The second-order valence-electron chi connectivity index (χ2n) is 7.66. The summed E-state index contributed by atoms with van der Waals surface area (Å²) in [6.07, 6.45) is 1.57. The van der Waals surface area contributed by atoms with Crippen molar-refractivity contribution < 1.29 is 24.2 Å². The molecule has 1 unspecified atom stereocenters. The summed E-state index contributed by atoms with van der Waals surface area (Å²) >= 11 is 0. The molecule has 8 heteroatoms. The van der Waals surface area contributed by atoms with Crippen LogP contribution in [-0.2, 0) is 11.2 Å². The number of hydrogen-bond acceptors (Lipinski definition) is 8. The van der Waals surface area contributed by atoms with E-state index in [0.717, 1.165) is 16.7 Å². The number of rotatable bonds is 8. The molecule has 3 aromatic rings. The predicted octanol–water partition coefficient (Wildman–Crippen LogP) is 3.33. The first-order valence-electron chi connectivity index (χ1n) is 10.3. The zero-order valence-electron chi connectivity index (χ0n) is 17.8. The molecule has 1 aromatic heterocycles. The summed E-state index contributed by atoms with van der Waals surface area (Å²) < 4.78 is 16.8. The fourth-order valence-corrected chi connectivity index (χ4v) is 3.48. The van der Waals surface area contributed by atoms with Crippen LogP contribution in [0.4, 0.5) is 0 Å². The lowest BCUT2D eigenvalue weighted by Crippen LogP contribution is -2.18. The van der Waals surface area contributed by atoms with E-state index < -0.39 is 6.10 Å². The maximum absolute atomic E-state index is 9.54. The highest BCUT2D eigenvalue weighted by Crippen LogP contribution is 2.35. The Morgan fingerprint density at radius 3 is 2.78 bits per heavy atom. The summed E-state index contributed by atoms with van der Waals surface area (Å²) in [5, 5.41) is 32.1. The van der Waals surface area contributed by atoms with Crippen molar-refractivity contribution in [1.82, 2.24) is 10.1 Å². The van der Waals surface area contributed by atoms with Crippen LogP contribution >= 0.6 is 0 Å². The summed E-state index contributed by atoms with van der Waals surface area (Å²) in [4.78, 5) is 4.54. The molecular formula is C24H23N3O5. The van der Waals surface area contributed by atoms with Gasteiger partial charge in [0.1, 0.15) is 30.3 Å². The zero-order valence-corrected chi connectivity index (χ0v) is 17.8. The van der Waals surface area contributed by atoms with Crippen LogP contribution in [0.25, 0.3) is 28.6 Å². The number of nitriles is 1. The van der Waals surface area contributed by atoms with E-state index in [0.29, 0.717) is 40.8 Å². The summed E-state index contributed by atoms with van der Waals surface area (Å²) in [6, 6.07) is 13.0. The van der Waals surface area contributed by atoms with Gasteiger partial charge >= 0.3 is 0 Å². The number of nitrogens with zero attached hydrogens (tertiary/aromatic N) is 3. The third-order valence-electron chi connectivity index (χ3n) is 4.95. The molecule has 0 radical (unpaired) electrons. The minimum absolute atomic E-state index is 0.0100. The molecule has 164 valence electrons. The summed E-state index contributed by atoms with van der Waals surface area (Å²) in [5.41, 5.74) is 3.72. The molecule has 2 aromatic carbocycles. The molecule has 0 bridgehead atoms. The van der Waals surface area contributed by atoms with Crippen molar-refractivity contribution >= 4 is 5.76 Å². The lowest BCUT2D eigenvalue weighted by Gasteiger charge is -2.12. The van der Waals surface area contributed by atoms with Gasteiger partial charge in [-0.05, 0) is 50.1 Å². The van der Waals surface area contributed by atoms with Gasteiger partial charge in [-0.15, -0.1) is 0 Å². The number of ether oxygens (including phenoxy) is 2. The lowest BCUT2D eigenvalue weighted by molar-refractivity contribution is 0.0446. The highest BCUT2D eigenvalue weighted by molar-refractivity contribution is 5.77. The smallest absolute Gasteiger partial charge is 0.258 e. The summed E-state index contributed by atoms with van der Waals surface area (Å²) in [6.45, 7) is 3.45. The van der Waals surface area contributed by atoms with Gasteiger partial charge < -0.3 is 24.2 Å². The SMILES string of the molecule is CC(C)Oc1ccc(-c2nc(-c3cccc4c3CC=C4OCC(O)CO)no2)cc1C#N. The van der Waals surface area contributed by atoms with Crippen LogP contribution in [0.2, 0.25) is 0 Å². The van der Waals surface area contributed by atoms with E-state index in [1.807, 2.05) is 38.1 Å². The molecule has 1 aliphatic carbocycles. The van der Waals surface area contributed by atoms with E-state index in [1.54, 1.807) is 18.2 Å². The standard InChI is InChI=1S/C24H23N3O5/c1-14(2)31-21-8-6-15(10-16(21)11-25)24-26-23(27-32-24)20-5-3-4-19-18(20)7-9-22(19)30-13-17(29)12-28/h3-6,8-10,14,17,28-29H,7,12-13H2,1-2H3. The number of aliphatic hydroxyl groups excluding tert-OH is 2. The van der Waals surface area contributed by atoms with Crippen LogP contribution in [0.15, 0.2) is 47.0 Å². The van der Waals surface area contributed by atoms with Gasteiger partial charge in [0.15, 0.2) is 0 Å². The monoisotopic (exact) mass is 433 g/mol. The van der Waals surface area contributed by atoms with Crippen LogP contribution in [-0.4, -0.2) is 45.8 Å². The van der Waals surface area contributed by atoms with Crippen LogP contribution in [0, 0.1) is 11.3 Å². The summed E-state index contributed by atoms with van der Waals surface area (Å²) in [7, 11) is 0. The third kappa shape index (κ3) is 4.35. The van der Waals surface area contributed by atoms with E-state index in [2.05, 4.69) is 16.2 Å². The number of aliphatic hydroxyl groups is 2. The maximum atomic E-state index is 9.54. The second-order valence-corrected chi connectivity index (χ2v) is 7.66. The third-order valence-corrected chi connectivity index (χ3v) is 4.95. The molecule has 8 nitrogen and oxygen atoms in total. The van der Waals surface area contributed by atoms with Gasteiger partial charge in [0.25, 0.3) is 5.89 Å². The van der Waals surface area contributed by atoms with Crippen molar-refractivity contribution in [2.75, 3.05) is 13.2 Å². The van der Waals surface area contributed by atoms with E-state index in [-0.39, 0.29) is 19.3 Å². The molecule has 1 heterocycles. The van der Waals surface area contributed by atoms with Gasteiger partial charge in [0.05, 0.1) is 18.3 Å². The Labute approximate surface area is 185 Å². The molecule has 32 heavy (non-hydrogen) atoms. The van der Waals surface area contributed by atoms with Gasteiger partial charge in [-0.25, -0.2) is 0 Å². The van der Waals surface area contributed by atoms with Crippen LogP contribution in [0.5, 0.6) is 5.75 Å². The number of aromatic nitrogens is 2. The molecular weight excluding hydrogens is 410 g/mol. The number of allylic oxidation sites excluding steroid dienone is 1. The topological polar surface area (TPSA) is 122 Å². The number of fused-ring (bicyclic) bond motifs is 1. The summed E-state index contributed by atoms with van der Waals surface area (Å²) in [5.74, 6) is 1.90. The average Bonchev–Trinajstić information content (AvgIpc) is 3.44. The Morgan fingerprint density at radius 1 is 1.22 bits per heavy atom. The minimum atomic E-state index is -0.932. The maximum Gasteiger partial charge on any atom is 0.258 e. The van der Waals surface area contributed by atoms with Gasteiger partial charge in [-0.1, -0.05) is 23.4 Å². The number of hydrogen-bond donors (Lipinski definition) is 2. The second kappa shape index (κ2) is 9.22. The molecule has 0 aliphatic heterocycles. The predicted molar refractivity (Wildman–Crippen MR) is 116 cm³/mol. The number of benzene rings is 2. The lowest BCUT2D eigenvalue weighted by atomic mass is 10.0. The van der Waals surface area contributed by atoms with E-state index in [9.17, 15) is 10.4 Å². The molecule has 4 rings (SSSR count). The highest BCUT2D eigenvalue weighted by Gasteiger charge is 2.23. The minimum Gasteiger partial charge on any atom is -0.490 e. The van der Waals surface area contributed by atoms with Gasteiger partial charge in [0.2, 0.25) is 5.82 Å². The van der Waals surface area contributed by atoms with Crippen LogP contribution in [0.1, 0.15) is 30.5 Å². The van der Waals surface area contributed by atoms with Crippen molar-refractivity contribution in [3.05, 3.63) is 59.2 Å². The Kier molecular flexibility index (Phi) is 6.21. The van der Waals surface area contributed by atoms with Crippen molar-refractivity contribution in [2.24, 2.45) is 0 Å². The fourth-order valence-electron chi connectivity index (χ4n) is 3.48. The quantitative estimate of drug-likeness (QED) is 0.555. The van der Waals surface area contributed by atoms with Crippen molar-refractivity contribution in [3.8, 4) is 34.7 Å². The fraction of sp³-hybridized carbons (Fsp3) is 0.292. The molecule has 0 fully saturated rings. The van der Waals surface area contributed by atoms with Gasteiger partial charge in [0, 0.05) is 16.7 Å². The van der Waals surface area contributed by atoms with Crippen LogP contribution in [0.3, 0.4) is 0 Å². The molecule has 0 saturated heterocycles. The Hall–Kier alpha value is -3.67. The average molecular weight is 433 g/mol. The van der Waals surface area contributed by atoms with Gasteiger partial charge in [-0.3, -0.25) is 0 Å². The van der Waals surface area contributed by atoms with E-state index >= 15 is 0 Å². The van der Waals surface area contributed by atoms with E-state index in [4.69, 9.17) is 19.1 Å². The Morgan fingerprint density at radius 2 is 2.03 bits per heavy atom. The molecule has 0 amide bonds. The molecule has 0 saturated carbocycles. The Balaban J connectivity index is 1.59.